The number of aromatic nitrogens is 1. The van der Waals surface area contributed by atoms with Gasteiger partial charge in [-0.2, -0.15) is 0 Å². The molecule has 2 heteroatoms. The number of anilines is 3. The Bertz CT molecular complexity index is 4390. The number of hydrogen-bond acceptors (Lipinski definition) is 1. The number of fused-ring (bicyclic) bond motifs is 4. The van der Waals surface area contributed by atoms with Gasteiger partial charge in [-0.05, 0) is 171 Å². The minimum atomic E-state index is 1.09. The van der Waals surface area contributed by atoms with Gasteiger partial charge in [-0.3, -0.25) is 0 Å². The minimum absolute atomic E-state index is 1.09. The predicted molar refractivity (Wildman–Crippen MR) is 360 cm³/mol. The van der Waals surface area contributed by atoms with Crippen LogP contribution in [0.4, 0.5) is 17.1 Å². The second-order valence-electron chi connectivity index (χ2n) is 20.6. The van der Waals surface area contributed by atoms with Gasteiger partial charge in [-0.25, -0.2) is 0 Å². The lowest BCUT2D eigenvalue weighted by molar-refractivity contribution is 1.18. The second kappa shape index (κ2) is 25.7. The minimum Gasteiger partial charge on any atom is -0.310 e. The smallest absolute Gasteiger partial charge is 0.0541 e. The molecule has 0 spiro atoms. The van der Waals surface area contributed by atoms with Crippen LogP contribution in [0.25, 0.3) is 105 Å². The van der Waals surface area contributed by atoms with Gasteiger partial charge < -0.3 is 9.47 Å². The molecule has 0 aliphatic rings. The summed E-state index contributed by atoms with van der Waals surface area (Å²) in [5.41, 5.74) is 22.2. The Morgan fingerprint density at radius 3 is 1.40 bits per heavy atom. The first-order chi connectivity index (χ1) is 40.9. The molecule has 0 saturated heterocycles. The normalized spacial score (nSPS) is 11.2. The van der Waals surface area contributed by atoms with E-state index in [-0.39, 0.29) is 0 Å². The van der Waals surface area contributed by atoms with Gasteiger partial charge in [0.1, 0.15) is 0 Å². The molecular weight excluding hydrogens is 1000 g/mol. The van der Waals surface area contributed by atoms with E-state index < -0.39 is 0 Å². The monoisotopic (exact) mass is 1070 g/mol. The van der Waals surface area contributed by atoms with Crippen LogP contribution in [0.15, 0.2) is 340 Å². The molecule has 13 rings (SSSR count). The Kier molecular flexibility index (Phi) is 16.9. The Morgan fingerprint density at radius 2 is 0.783 bits per heavy atom. The van der Waals surface area contributed by atoms with Gasteiger partial charge in [0.25, 0.3) is 0 Å². The first kappa shape index (κ1) is 54.4. The number of allylic oxidation sites excluding steroid dienone is 6. The highest BCUT2D eigenvalue weighted by atomic mass is 15.1. The van der Waals surface area contributed by atoms with E-state index in [9.17, 15) is 0 Å². The van der Waals surface area contributed by atoms with Crippen LogP contribution in [-0.2, 0) is 0 Å². The van der Waals surface area contributed by atoms with Crippen LogP contribution >= 0.6 is 0 Å². The molecule has 400 valence electrons. The Morgan fingerprint density at radius 1 is 0.349 bits per heavy atom. The molecule has 0 radical (unpaired) electrons. The molecule has 13 aromatic rings. The van der Waals surface area contributed by atoms with Gasteiger partial charge >= 0.3 is 0 Å². The molecule has 1 heterocycles. The third kappa shape index (κ3) is 12.1. The number of para-hydroxylation sites is 2. The standard InChI is InChI=1S/C70H48N2.C8H12.C3H6/c1-4-16-49(17-5-1)51-30-32-53(33-31-51)54-38-41-62(42-39-54)71(61-23-8-3-9-24-61)63-25-14-22-57(45-63)58-40-43-70-68(48-58)67-27-12-13-29-69(67)72(70)64-46-59(55-36-34-52(35-37-55)50-18-6-2-7-19-50)44-60(47-64)66-28-15-21-56-20-10-11-26-65(56)66;1-4-6-7-8(3)5-2;1-3-2/h1-48H;4-7H,2H2,1,3H3;3H,1H2,2H3/b;6-4-,8-7+;. The molecule has 0 unspecified atom stereocenters. The lowest BCUT2D eigenvalue weighted by atomic mass is 9.93. The molecule has 2 nitrogen and oxygen atoms in total. The Labute approximate surface area is 489 Å². The van der Waals surface area contributed by atoms with Crippen molar-refractivity contribution < 1.29 is 0 Å². The second-order valence-corrected chi connectivity index (χ2v) is 20.6. The van der Waals surface area contributed by atoms with Gasteiger partial charge in [0, 0.05) is 33.5 Å². The molecule has 0 bridgehead atoms. The summed E-state index contributed by atoms with van der Waals surface area (Å²) in [5.74, 6) is 0. The summed E-state index contributed by atoms with van der Waals surface area (Å²) in [6.45, 7) is 12.9. The predicted octanol–water partition coefficient (Wildman–Crippen LogP) is 23.3. The molecule has 0 saturated carbocycles. The quantitative estimate of drug-likeness (QED) is 0.0874. The van der Waals surface area contributed by atoms with Crippen molar-refractivity contribution in [3.63, 3.8) is 0 Å². The van der Waals surface area contributed by atoms with Crippen LogP contribution in [0.3, 0.4) is 0 Å². The van der Waals surface area contributed by atoms with E-state index >= 15 is 0 Å². The van der Waals surface area contributed by atoms with E-state index in [1.54, 1.807) is 6.08 Å². The maximum absolute atomic E-state index is 3.61. The fraction of sp³-hybridized carbons (Fsp3) is 0.0370. The summed E-state index contributed by atoms with van der Waals surface area (Å²) in [5, 5.41) is 4.90. The summed E-state index contributed by atoms with van der Waals surface area (Å²) < 4.78 is 2.46. The van der Waals surface area contributed by atoms with Crippen molar-refractivity contribution in [3.8, 4) is 72.4 Å². The van der Waals surface area contributed by atoms with Crippen molar-refractivity contribution in [2.24, 2.45) is 0 Å². The first-order valence-corrected chi connectivity index (χ1v) is 28.4. The largest absolute Gasteiger partial charge is 0.310 e. The number of benzene rings is 12. The first-order valence-electron chi connectivity index (χ1n) is 28.4. The summed E-state index contributed by atoms with van der Waals surface area (Å²) in [6.07, 6.45) is 9.59. The van der Waals surface area contributed by atoms with Gasteiger partial charge in [0.15, 0.2) is 0 Å². The SMILES string of the molecule is C=C/C(C)=C/C=C\C.C=CC.c1ccc(-c2ccc(-c3ccc(N(c4ccccc4)c4cccc(-c5ccc6c(c5)c5ccccc5n6-c5cc(-c6ccc(-c7ccccc7)cc6)cc(-c6cccc7ccccc67)c5)c4)cc3)cc2)cc1. The molecule has 0 fully saturated rings. The van der Waals surface area contributed by atoms with E-state index in [4.69, 9.17) is 0 Å². The zero-order valence-corrected chi connectivity index (χ0v) is 47.4. The van der Waals surface area contributed by atoms with Crippen LogP contribution in [0.2, 0.25) is 0 Å². The highest BCUT2D eigenvalue weighted by Gasteiger charge is 2.18. The summed E-state index contributed by atoms with van der Waals surface area (Å²) in [6, 6.07) is 106. The van der Waals surface area contributed by atoms with E-state index in [2.05, 4.69) is 314 Å². The zero-order chi connectivity index (χ0) is 56.9. The van der Waals surface area contributed by atoms with Crippen LogP contribution in [-0.4, -0.2) is 4.57 Å². The molecule has 0 aliphatic heterocycles. The molecule has 12 aromatic carbocycles. The van der Waals surface area contributed by atoms with E-state index in [0.717, 1.165) is 33.8 Å². The van der Waals surface area contributed by atoms with Crippen LogP contribution in [0.1, 0.15) is 20.8 Å². The van der Waals surface area contributed by atoms with Crippen LogP contribution < -0.4 is 4.90 Å². The van der Waals surface area contributed by atoms with Crippen LogP contribution in [0, 0.1) is 0 Å². The van der Waals surface area contributed by atoms with Gasteiger partial charge in [-0.1, -0.05) is 261 Å². The fourth-order valence-electron chi connectivity index (χ4n) is 10.9. The Hall–Kier alpha value is -10.5. The average Bonchev–Trinajstić information content (AvgIpc) is 3.58. The van der Waals surface area contributed by atoms with Crippen molar-refractivity contribution in [1.82, 2.24) is 4.57 Å². The highest BCUT2D eigenvalue weighted by Crippen LogP contribution is 2.42. The lowest BCUT2D eigenvalue weighted by Crippen LogP contribution is -2.09. The molecule has 83 heavy (non-hydrogen) atoms. The van der Waals surface area contributed by atoms with Gasteiger partial charge in [0.2, 0.25) is 0 Å². The molecule has 0 amide bonds. The maximum Gasteiger partial charge on any atom is 0.0541 e. The highest BCUT2D eigenvalue weighted by molar-refractivity contribution is 6.11. The third-order valence-corrected chi connectivity index (χ3v) is 15.1. The Balaban J connectivity index is 0.000000601. The average molecular weight is 1070 g/mol. The van der Waals surface area contributed by atoms with Crippen molar-refractivity contribution >= 4 is 49.6 Å². The lowest BCUT2D eigenvalue weighted by Gasteiger charge is -2.26. The van der Waals surface area contributed by atoms with Crippen LogP contribution in [0.5, 0.6) is 0 Å². The summed E-state index contributed by atoms with van der Waals surface area (Å²) in [4.78, 5) is 2.35. The summed E-state index contributed by atoms with van der Waals surface area (Å²) >= 11 is 0. The van der Waals surface area contributed by atoms with Crippen molar-refractivity contribution in [3.05, 3.63) is 340 Å². The van der Waals surface area contributed by atoms with Gasteiger partial charge in [0.05, 0.1) is 11.0 Å². The van der Waals surface area contributed by atoms with Crippen molar-refractivity contribution in [2.45, 2.75) is 20.8 Å². The number of hydrogen-bond donors (Lipinski definition) is 0. The fourth-order valence-corrected chi connectivity index (χ4v) is 10.9. The molecule has 0 N–H and O–H groups in total. The van der Waals surface area contributed by atoms with Crippen molar-refractivity contribution in [2.75, 3.05) is 4.90 Å². The third-order valence-electron chi connectivity index (χ3n) is 15.1. The maximum atomic E-state index is 3.61. The van der Waals surface area contributed by atoms with Gasteiger partial charge in [-0.15, -0.1) is 6.58 Å². The van der Waals surface area contributed by atoms with E-state index in [1.165, 1.54) is 93.8 Å². The summed E-state index contributed by atoms with van der Waals surface area (Å²) in [7, 11) is 0. The van der Waals surface area contributed by atoms with Crippen molar-refractivity contribution in [1.29, 1.82) is 0 Å². The number of nitrogens with zero attached hydrogens (tertiary/aromatic N) is 2. The number of rotatable bonds is 12. The zero-order valence-electron chi connectivity index (χ0n) is 47.4. The molecule has 1 aromatic heterocycles. The molecular formula is C81H66N2. The van der Waals surface area contributed by atoms with E-state index in [1.807, 2.05) is 45.1 Å². The molecule has 0 aliphatic carbocycles. The molecule has 0 atom stereocenters. The topological polar surface area (TPSA) is 8.17 Å². The van der Waals surface area contributed by atoms with E-state index in [0.29, 0.717) is 0 Å².